The summed E-state index contributed by atoms with van der Waals surface area (Å²) in [4.78, 5) is 7.92. The zero-order valence-electron chi connectivity index (χ0n) is 14.3. The van der Waals surface area contributed by atoms with Crippen LogP contribution in [0.5, 0.6) is 11.6 Å². The first-order valence-corrected chi connectivity index (χ1v) is 8.59. The van der Waals surface area contributed by atoms with Crippen molar-refractivity contribution in [3.8, 4) is 11.6 Å². The fraction of sp³-hybridized carbons (Fsp3) is 0.111. The van der Waals surface area contributed by atoms with Gasteiger partial charge in [0.1, 0.15) is 17.8 Å². The van der Waals surface area contributed by atoms with Gasteiger partial charge in [-0.15, -0.1) is 0 Å². The van der Waals surface area contributed by atoms with E-state index in [1.54, 1.807) is 25.1 Å². The second kappa shape index (κ2) is 7.73. The van der Waals surface area contributed by atoms with Crippen molar-refractivity contribution < 1.29 is 17.9 Å². The number of nitrogen functional groups attached to an aromatic ring is 1. The third-order valence-corrected chi connectivity index (χ3v) is 4.49. The van der Waals surface area contributed by atoms with Crippen LogP contribution < -0.4 is 15.8 Å². The molecule has 0 atom stereocenters. The van der Waals surface area contributed by atoms with Gasteiger partial charge in [-0.05, 0) is 48.9 Å². The van der Waals surface area contributed by atoms with E-state index in [0.717, 1.165) is 30.1 Å². The number of halogens is 5. The van der Waals surface area contributed by atoms with Crippen molar-refractivity contribution in [2.75, 3.05) is 11.1 Å². The second-order valence-electron chi connectivity index (χ2n) is 5.77. The van der Waals surface area contributed by atoms with Crippen LogP contribution in [0.4, 0.5) is 30.4 Å². The van der Waals surface area contributed by atoms with E-state index < -0.39 is 11.7 Å². The Bertz CT molecular complexity index is 1030. The summed E-state index contributed by atoms with van der Waals surface area (Å²) in [6.07, 6.45) is -3.35. The van der Waals surface area contributed by atoms with Crippen LogP contribution in [0.25, 0.3) is 0 Å². The number of nitrogens with one attached hydrogen (secondary N) is 1. The molecular formula is C18H13Cl2F3N4O. The van der Waals surface area contributed by atoms with Crippen LogP contribution in [-0.4, -0.2) is 9.97 Å². The highest BCUT2D eigenvalue weighted by atomic mass is 35.5. The molecule has 0 fully saturated rings. The normalized spacial score (nSPS) is 11.4. The summed E-state index contributed by atoms with van der Waals surface area (Å²) in [5, 5.41) is 3.34. The van der Waals surface area contributed by atoms with E-state index >= 15 is 0 Å². The maximum atomic E-state index is 12.9. The first-order chi connectivity index (χ1) is 13.1. The predicted octanol–water partition coefficient (Wildman–Crippen LogP) is 6.23. The van der Waals surface area contributed by atoms with Crippen LogP contribution in [0, 0.1) is 6.92 Å². The number of rotatable bonds is 4. The first kappa shape index (κ1) is 20.0. The number of benzene rings is 2. The Morgan fingerprint density at radius 1 is 1.04 bits per heavy atom. The second-order valence-corrected chi connectivity index (χ2v) is 6.59. The summed E-state index contributed by atoms with van der Waals surface area (Å²) in [6.45, 7) is 1.81. The van der Waals surface area contributed by atoms with Crippen LogP contribution >= 0.6 is 23.2 Å². The Balaban J connectivity index is 1.90. The minimum absolute atomic E-state index is 0.00332. The molecule has 3 aromatic rings. The number of hydrogen-bond donors (Lipinski definition) is 2. The van der Waals surface area contributed by atoms with Gasteiger partial charge in [-0.25, -0.2) is 4.98 Å². The maximum Gasteiger partial charge on any atom is 0.416 e. The number of nitrogens with zero attached hydrogens (tertiary/aromatic N) is 2. The third kappa shape index (κ3) is 4.40. The number of anilines is 3. The minimum atomic E-state index is -4.51. The van der Waals surface area contributed by atoms with Gasteiger partial charge in [-0.2, -0.15) is 18.2 Å². The van der Waals surface area contributed by atoms with Crippen molar-refractivity contribution >= 4 is 40.4 Å². The average molecular weight is 429 g/mol. The maximum absolute atomic E-state index is 12.9. The highest BCUT2D eigenvalue weighted by molar-refractivity contribution is 6.33. The Morgan fingerprint density at radius 3 is 2.43 bits per heavy atom. The summed E-state index contributed by atoms with van der Waals surface area (Å²) >= 11 is 12.0. The summed E-state index contributed by atoms with van der Waals surface area (Å²) in [7, 11) is 0. The van der Waals surface area contributed by atoms with Gasteiger partial charge in [0, 0.05) is 5.02 Å². The van der Waals surface area contributed by atoms with Gasteiger partial charge in [0.25, 0.3) is 0 Å². The molecule has 3 N–H and O–H groups in total. The van der Waals surface area contributed by atoms with E-state index in [1.165, 1.54) is 0 Å². The van der Waals surface area contributed by atoms with E-state index in [4.69, 9.17) is 33.7 Å². The SMILES string of the molecule is Cc1cc(Oc2ncnc(Nc3cc(C(F)(F)F)ccc3Cl)c2N)ccc1Cl. The van der Waals surface area contributed by atoms with Crippen LogP contribution in [0.2, 0.25) is 10.0 Å². The number of aromatic nitrogens is 2. The van der Waals surface area contributed by atoms with Crippen molar-refractivity contribution in [1.29, 1.82) is 0 Å². The standard InChI is InChI=1S/C18H13Cl2F3N4O/c1-9-6-11(3-5-12(9)19)28-17-15(24)16(25-8-26-17)27-14-7-10(18(21,22)23)2-4-13(14)20/h2-8H,24H2,1H3,(H,25,26,27). The Morgan fingerprint density at radius 2 is 1.75 bits per heavy atom. The highest BCUT2D eigenvalue weighted by Crippen LogP contribution is 2.37. The van der Waals surface area contributed by atoms with Crippen LogP contribution in [0.3, 0.4) is 0 Å². The molecule has 0 unspecified atom stereocenters. The fourth-order valence-corrected chi connectivity index (χ4v) is 2.56. The van der Waals surface area contributed by atoms with Gasteiger partial charge >= 0.3 is 6.18 Å². The first-order valence-electron chi connectivity index (χ1n) is 7.83. The number of aryl methyl sites for hydroxylation is 1. The van der Waals surface area contributed by atoms with Crippen molar-refractivity contribution in [3.05, 3.63) is 63.9 Å². The topological polar surface area (TPSA) is 73.1 Å². The molecule has 0 radical (unpaired) electrons. The molecule has 0 aliphatic carbocycles. The molecule has 1 aromatic heterocycles. The molecule has 0 amide bonds. The van der Waals surface area contributed by atoms with E-state index in [0.29, 0.717) is 10.8 Å². The molecule has 2 aromatic carbocycles. The molecule has 146 valence electrons. The van der Waals surface area contributed by atoms with Crippen molar-refractivity contribution in [3.63, 3.8) is 0 Å². The average Bonchev–Trinajstić information content (AvgIpc) is 2.62. The van der Waals surface area contributed by atoms with Crippen molar-refractivity contribution in [2.45, 2.75) is 13.1 Å². The molecule has 0 aliphatic heterocycles. The molecule has 1 heterocycles. The lowest BCUT2D eigenvalue weighted by atomic mass is 10.2. The van der Waals surface area contributed by atoms with Gasteiger partial charge in [0.05, 0.1) is 16.3 Å². The molecule has 3 rings (SSSR count). The lowest BCUT2D eigenvalue weighted by Crippen LogP contribution is -2.07. The molecule has 0 spiro atoms. The monoisotopic (exact) mass is 428 g/mol. The van der Waals surface area contributed by atoms with Crippen LogP contribution in [0.15, 0.2) is 42.7 Å². The molecule has 0 saturated heterocycles. The quantitative estimate of drug-likeness (QED) is 0.515. The number of nitrogens with two attached hydrogens (primary N) is 1. The van der Waals surface area contributed by atoms with Gasteiger partial charge in [-0.3, -0.25) is 0 Å². The highest BCUT2D eigenvalue weighted by Gasteiger charge is 2.31. The van der Waals surface area contributed by atoms with Gasteiger partial charge in [0.15, 0.2) is 5.82 Å². The lowest BCUT2D eigenvalue weighted by Gasteiger charge is -2.14. The summed E-state index contributed by atoms with van der Waals surface area (Å²) in [5.74, 6) is 0.523. The zero-order chi connectivity index (χ0) is 20.5. The summed E-state index contributed by atoms with van der Waals surface area (Å²) in [5.41, 5.74) is 5.95. The van der Waals surface area contributed by atoms with E-state index in [1.807, 2.05) is 0 Å². The summed E-state index contributed by atoms with van der Waals surface area (Å²) < 4.78 is 44.4. The van der Waals surface area contributed by atoms with Gasteiger partial charge in [-0.1, -0.05) is 23.2 Å². The molecule has 5 nitrogen and oxygen atoms in total. The molecule has 0 saturated carbocycles. The molecule has 10 heteroatoms. The number of alkyl halides is 3. The van der Waals surface area contributed by atoms with Crippen molar-refractivity contribution in [1.82, 2.24) is 9.97 Å². The summed E-state index contributed by atoms with van der Waals surface area (Å²) in [6, 6.07) is 7.87. The molecule has 0 aliphatic rings. The molecule has 28 heavy (non-hydrogen) atoms. The minimum Gasteiger partial charge on any atom is -0.437 e. The molecular weight excluding hydrogens is 416 g/mol. The Labute approximate surface area is 168 Å². The number of ether oxygens (including phenoxy) is 1. The Hall–Kier alpha value is -2.71. The van der Waals surface area contributed by atoms with Gasteiger partial charge in [0.2, 0.25) is 5.88 Å². The number of hydrogen-bond acceptors (Lipinski definition) is 5. The fourth-order valence-electron chi connectivity index (χ4n) is 2.28. The third-order valence-electron chi connectivity index (χ3n) is 3.74. The smallest absolute Gasteiger partial charge is 0.416 e. The molecule has 0 bridgehead atoms. The Kier molecular flexibility index (Phi) is 5.53. The van der Waals surface area contributed by atoms with Gasteiger partial charge < -0.3 is 15.8 Å². The zero-order valence-corrected chi connectivity index (χ0v) is 15.8. The van der Waals surface area contributed by atoms with Crippen molar-refractivity contribution in [2.24, 2.45) is 0 Å². The van der Waals surface area contributed by atoms with E-state index in [2.05, 4.69) is 15.3 Å². The van der Waals surface area contributed by atoms with E-state index in [9.17, 15) is 13.2 Å². The largest absolute Gasteiger partial charge is 0.437 e. The predicted molar refractivity (Wildman–Crippen MR) is 102 cm³/mol. The lowest BCUT2D eigenvalue weighted by molar-refractivity contribution is -0.137. The van der Waals surface area contributed by atoms with E-state index in [-0.39, 0.29) is 28.1 Å². The van der Waals surface area contributed by atoms with Crippen LogP contribution in [0.1, 0.15) is 11.1 Å². The van der Waals surface area contributed by atoms with Crippen LogP contribution in [-0.2, 0) is 6.18 Å².